The maximum absolute atomic E-state index is 5.41. The highest BCUT2D eigenvalue weighted by Gasteiger charge is 2.29. The maximum atomic E-state index is 5.41. The number of nitrogens with zero attached hydrogens (tertiary/aromatic N) is 3. The smallest absolute Gasteiger partial charge is 0.231 e. The van der Waals surface area contributed by atoms with Crippen LogP contribution in [0.1, 0.15) is 43.3 Å². The van der Waals surface area contributed by atoms with Crippen molar-refractivity contribution in [1.29, 1.82) is 0 Å². The van der Waals surface area contributed by atoms with E-state index in [1.54, 1.807) is 0 Å². The molecule has 94 valence electrons. The molecule has 5 heteroatoms. The minimum Gasteiger partial charge on any atom is -0.339 e. The predicted octanol–water partition coefficient (Wildman–Crippen LogP) is 0.956. The summed E-state index contributed by atoms with van der Waals surface area (Å²) in [7, 11) is 0. The molecule has 3 heterocycles. The first-order chi connectivity index (χ1) is 8.36. The molecule has 17 heavy (non-hydrogen) atoms. The Morgan fingerprint density at radius 1 is 1.41 bits per heavy atom. The average molecular weight is 236 g/mol. The second-order valence-corrected chi connectivity index (χ2v) is 5.06. The minimum absolute atomic E-state index is 0.430. The van der Waals surface area contributed by atoms with Crippen molar-refractivity contribution in [2.45, 2.75) is 31.6 Å². The molecule has 1 aromatic heterocycles. The van der Waals surface area contributed by atoms with Gasteiger partial charge >= 0.3 is 0 Å². The molecule has 0 bridgehead atoms. The van der Waals surface area contributed by atoms with E-state index < -0.39 is 0 Å². The largest absolute Gasteiger partial charge is 0.339 e. The molecule has 0 saturated carbocycles. The molecule has 0 spiro atoms. The van der Waals surface area contributed by atoms with Gasteiger partial charge in [0, 0.05) is 19.0 Å². The van der Waals surface area contributed by atoms with Gasteiger partial charge in [0.25, 0.3) is 0 Å². The van der Waals surface area contributed by atoms with E-state index in [0.717, 1.165) is 57.3 Å². The molecular weight excluding hydrogens is 216 g/mol. The Kier molecular flexibility index (Phi) is 3.11. The summed E-state index contributed by atoms with van der Waals surface area (Å²) in [5, 5.41) is 7.50. The molecule has 1 aromatic rings. The molecule has 2 aliphatic rings. The SMILES string of the molecule is CCN1CCC(c2noc(C3CCNC3)n2)C1. The van der Waals surface area contributed by atoms with E-state index in [2.05, 4.69) is 27.3 Å². The Balaban J connectivity index is 1.68. The highest BCUT2D eigenvalue weighted by Crippen LogP contribution is 2.27. The van der Waals surface area contributed by atoms with E-state index >= 15 is 0 Å². The number of nitrogens with one attached hydrogen (secondary N) is 1. The van der Waals surface area contributed by atoms with Gasteiger partial charge in [-0.1, -0.05) is 12.1 Å². The third-order valence-electron chi connectivity index (χ3n) is 3.95. The number of hydrogen-bond donors (Lipinski definition) is 1. The quantitative estimate of drug-likeness (QED) is 0.847. The molecule has 0 aliphatic carbocycles. The van der Waals surface area contributed by atoms with Crippen LogP contribution in [0, 0.1) is 0 Å². The lowest BCUT2D eigenvalue weighted by Gasteiger charge is -2.10. The van der Waals surface area contributed by atoms with Crippen LogP contribution in [-0.4, -0.2) is 47.8 Å². The molecule has 2 unspecified atom stereocenters. The van der Waals surface area contributed by atoms with E-state index in [1.165, 1.54) is 0 Å². The number of likely N-dealkylation sites (tertiary alicyclic amines) is 1. The Morgan fingerprint density at radius 3 is 3.06 bits per heavy atom. The second kappa shape index (κ2) is 4.74. The Bertz CT molecular complexity index is 372. The summed E-state index contributed by atoms with van der Waals surface area (Å²) in [6, 6.07) is 0. The fraction of sp³-hybridized carbons (Fsp3) is 0.833. The van der Waals surface area contributed by atoms with Gasteiger partial charge in [-0.05, 0) is 32.5 Å². The molecule has 0 amide bonds. The molecule has 0 aromatic carbocycles. The van der Waals surface area contributed by atoms with Gasteiger partial charge in [-0.15, -0.1) is 0 Å². The molecular formula is C12H20N4O. The lowest BCUT2D eigenvalue weighted by Crippen LogP contribution is -2.19. The van der Waals surface area contributed by atoms with Crippen LogP contribution in [0.5, 0.6) is 0 Å². The average Bonchev–Trinajstić information content (AvgIpc) is 3.09. The standard InChI is InChI=1S/C12H20N4O/c1-2-16-6-4-10(8-16)11-14-12(17-15-11)9-3-5-13-7-9/h9-10,13H,2-8H2,1H3. The summed E-state index contributed by atoms with van der Waals surface area (Å²) in [4.78, 5) is 7.04. The molecule has 3 rings (SSSR count). The highest BCUT2D eigenvalue weighted by atomic mass is 16.5. The zero-order chi connectivity index (χ0) is 11.7. The van der Waals surface area contributed by atoms with Crippen LogP contribution >= 0.6 is 0 Å². The topological polar surface area (TPSA) is 54.2 Å². The van der Waals surface area contributed by atoms with Crippen LogP contribution in [0.3, 0.4) is 0 Å². The van der Waals surface area contributed by atoms with Crippen molar-refractivity contribution in [1.82, 2.24) is 20.4 Å². The van der Waals surface area contributed by atoms with Crippen LogP contribution in [0.4, 0.5) is 0 Å². The van der Waals surface area contributed by atoms with Gasteiger partial charge in [0.15, 0.2) is 5.82 Å². The third-order valence-corrected chi connectivity index (χ3v) is 3.95. The molecule has 2 atom stereocenters. The fourth-order valence-corrected chi connectivity index (χ4v) is 2.77. The van der Waals surface area contributed by atoms with E-state index in [9.17, 15) is 0 Å². The molecule has 2 fully saturated rings. The van der Waals surface area contributed by atoms with Crippen molar-refractivity contribution < 1.29 is 4.52 Å². The van der Waals surface area contributed by atoms with Gasteiger partial charge < -0.3 is 14.7 Å². The Morgan fingerprint density at radius 2 is 2.35 bits per heavy atom. The van der Waals surface area contributed by atoms with E-state index in [0.29, 0.717) is 11.8 Å². The van der Waals surface area contributed by atoms with Gasteiger partial charge in [-0.2, -0.15) is 4.98 Å². The first kappa shape index (κ1) is 11.2. The molecule has 0 radical (unpaired) electrons. The van der Waals surface area contributed by atoms with Crippen LogP contribution in [0.25, 0.3) is 0 Å². The minimum atomic E-state index is 0.430. The highest BCUT2D eigenvalue weighted by molar-refractivity contribution is 5.04. The van der Waals surface area contributed by atoms with E-state index in [4.69, 9.17) is 4.52 Å². The van der Waals surface area contributed by atoms with Gasteiger partial charge in [-0.25, -0.2) is 0 Å². The normalized spacial score (nSPS) is 30.2. The zero-order valence-corrected chi connectivity index (χ0v) is 10.4. The molecule has 2 saturated heterocycles. The van der Waals surface area contributed by atoms with Crippen LogP contribution < -0.4 is 5.32 Å². The number of likely N-dealkylation sites (N-methyl/N-ethyl adjacent to an activating group) is 1. The van der Waals surface area contributed by atoms with Crippen molar-refractivity contribution in [3.63, 3.8) is 0 Å². The summed E-state index contributed by atoms with van der Waals surface area (Å²) in [5.74, 6) is 2.66. The molecule has 2 aliphatic heterocycles. The summed E-state index contributed by atoms with van der Waals surface area (Å²) in [6.07, 6.45) is 2.28. The molecule has 1 N–H and O–H groups in total. The second-order valence-electron chi connectivity index (χ2n) is 5.06. The zero-order valence-electron chi connectivity index (χ0n) is 10.4. The number of aromatic nitrogens is 2. The summed E-state index contributed by atoms with van der Waals surface area (Å²) < 4.78 is 5.41. The van der Waals surface area contributed by atoms with Gasteiger partial charge in [0.2, 0.25) is 5.89 Å². The lowest BCUT2D eigenvalue weighted by atomic mass is 10.1. The van der Waals surface area contributed by atoms with E-state index in [1.807, 2.05) is 0 Å². The van der Waals surface area contributed by atoms with Crippen molar-refractivity contribution in [3.05, 3.63) is 11.7 Å². The van der Waals surface area contributed by atoms with Gasteiger partial charge in [0.1, 0.15) is 0 Å². The van der Waals surface area contributed by atoms with Crippen LogP contribution in [0.15, 0.2) is 4.52 Å². The van der Waals surface area contributed by atoms with Gasteiger partial charge in [0.05, 0.1) is 5.92 Å². The van der Waals surface area contributed by atoms with Crippen LogP contribution in [0.2, 0.25) is 0 Å². The van der Waals surface area contributed by atoms with E-state index in [-0.39, 0.29) is 0 Å². The molecule has 5 nitrogen and oxygen atoms in total. The number of hydrogen-bond acceptors (Lipinski definition) is 5. The predicted molar refractivity (Wildman–Crippen MR) is 64.0 cm³/mol. The Labute approximate surface area is 102 Å². The van der Waals surface area contributed by atoms with Crippen molar-refractivity contribution in [2.75, 3.05) is 32.7 Å². The Hall–Kier alpha value is -0.940. The maximum Gasteiger partial charge on any atom is 0.231 e. The third kappa shape index (κ3) is 2.21. The van der Waals surface area contributed by atoms with Gasteiger partial charge in [-0.3, -0.25) is 0 Å². The van der Waals surface area contributed by atoms with Crippen molar-refractivity contribution >= 4 is 0 Å². The van der Waals surface area contributed by atoms with Crippen LogP contribution in [-0.2, 0) is 0 Å². The lowest BCUT2D eigenvalue weighted by molar-refractivity contribution is 0.342. The fourth-order valence-electron chi connectivity index (χ4n) is 2.77. The monoisotopic (exact) mass is 236 g/mol. The summed E-state index contributed by atoms with van der Waals surface area (Å²) in [6.45, 7) is 7.61. The first-order valence-corrected chi connectivity index (χ1v) is 6.63. The van der Waals surface area contributed by atoms with Crippen molar-refractivity contribution in [3.8, 4) is 0 Å². The number of rotatable bonds is 3. The van der Waals surface area contributed by atoms with Crippen molar-refractivity contribution in [2.24, 2.45) is 0 Å². The summed E-state index contributed by atoms with van der Waals surface area (Å²) in [5.41, 5.74) is 0. The first-order valence-electron chi connectivity index (χ1n) is 6.63. The summed E-state index contributed by atoms with van der Waals surface area (Å²) >= 11 is 0.